The Balaban J connectivity index is 2.53. The molecule has 1 aliphatic carbocycles. The molecule has 18 heavy (non-hydrogen) atoms. The van der Waals surface area contributed by atoms with Crippen LogP contribution in [0.3, 0.4) is 0 Å². The molecule has 2 unspecified atom stereocenters. The van der Waals surface area contributed by atoms with Gasteiger partial charge in [0.25, 0.3) is 0 Å². The van der Waals surface area contributed by atoms with Crippen molar-refractivity contribution in [2.45, 2.75) is 65.0 Å². The fourth-order valence-electron chi connectivity index (χ4n) is 3.11. The minimum Gasteiger partial charge on any atom is -0.380 e. The SMILES string of the molecule is CCNC1CCCCCC1N(CC)CCOCC. The lowest BCUT2D eigenvalue weighted by molar-refractivity contribution is 0.0827. The van der Waals surface area contributed by atoms with Crippen molar-refractivity contribution >= 4 is 0 Å². The first-order valence-corrected chi connectivity index (χ1v) is 7.88. The van der Waals surface area contributed by atoms with Crippen molar-refractivity contribution in [1.29, 1.82) is 0 Å². The minimum absolute atomic E-state index is 0.680. The van der Waals surface area contributed by atoms with Gasteiger partial charge in [0.15, 0.2) is 0 Å². The monoisotopic (exact) mass is 256 g/mol. The van der Waals surface area contributed by atoms with Gasteiger partial charge in [-0.1, -0.05) is 33.1 Å². The normalized spacial score (nSPS) is 25.3. The molecule has 0 saturated heterocycles. The first kappa shape index (κ1) is 15.9. The van der Waals surface area contributed by atoms with Gasteiger partial charge >= 0.3 is 0 Å². The Hall–Kier alpha value is -0.120. The van der Waals surface area contributed by atoms with Crippen LogP contribution in [0.2, 0.25) is 0 Å². The van der Waals surface area contributed by atoms with Gasteiger partial charge in [0.2, 0.25) is 0 Å². The number of hydrogen-bond acceptors (Lipinski definition) is 3. The third-order valence-electron chi connectivity index (χ3n) is 4.05. The van der Waals surface area contributed by atoms with Crippen molar-refractivity contribution in [1.82, 2.24) is 10.2 Å². The highest BCUT2D eigenvalue weighted by Crippen LogP contribution is 2.22. The zero-order chi connectivity index (χ0) is 13.2. The lowest BCUT2D eigenvalue weighted by Gasteiger charge is -2.36. The first-order valence-electron chi connectivity index (χ1n) is 7.88. The molecule has 1 rings (SSSR count). The van der Waals surface area contributed by atoms with Gasteiger partial charge in [-0.15, -0.1) is 0 Å². The lowest BCUT2D eigenvalue weighted by Crippen LogP contribution is -2.50. The summed E-state index contributed by atoms with van der Waals surface area (Å²) in [6.07, 6.45) is 6.86. The lowest BCUT2D eigenvalue weighted by atomic mass is 10.0. The number of likely N-dealkylation sites (N-methyl/N-ethyl adjacent to an activating group) is 2. The molecule has 0 aromatic heterocycles. The van der Waals surface area contributed by atoms with E-state index in [1.54, 1.807) is 0 Å². The van der Waals surface area contributed by atoms with E-state index in [1.165, 1.54) is 32.1 Å². The molecule has 108 valence electrons. The fourth-order valence-corrected chi connectivity index (χ4v) is 3.11. The second kappa shape index (κ2) is 9.76. The van der Waals surface area contributed by atoms with Crippen LogP contribution in [0.5, 0.6) is 0 Å². The number of ether oxygens (including phenoxy) is 1. The van der Waals surface area contributed by atoms with Gasteiger partial charge < -0.3 is 10.1 Å². The third-order valence-corrected chi connectivity index (χ3v) is 4.05. The topological polar surface area (TPSA) is 24.5 Å². The molecular weight excluding hydrogens is 224 g/mol. The minimum atomic E-state index is 0.680. The van der Waals surface area contributed by atoms with Crippen molar-refractivity contribution in [3.63, 3.8) is 0 Å². The quantitative estimate of drug-likeness (QED) is 0.534. The van der Waals surface area contributed by atoms with Gasteiger partial charge in [-0.3, -0.25) is 4.90 Å². The number of hydrogen-bond donors (Lipinski definition) is 1. The molecule has 0 spiro atoms. The summed E-state index contributed by atoms with van der Waals surface area (Å²) in [6, 6.07) is 1.39. The molecule has 0 heterocycles. The zero-order valence-electron chi connectivity index (χ0n) is 12.6. The van der Waals surface area contributed by atoms with E-state index in [4.69, 9.17) is 4.74 Å². The Morgan fingerprint density at radius 1 is 1.11 bits per heavy atom. The van der Waals surface area contributed by atoms with E-state index < -0.39 is 0 Å². The Bertz CT molecular complexity index is 199. The molecule has 0 bridgehead atoms. The second-order valence-electron chi connectivity index (χ2n) is 5.20. The van der Waals surface area contributed by atoms with Crippen LogP contribution < -0.4 is 5.32 Å². The van der Waals surface area contributed by atoms with Crippen molar-refractivity contribution in [3.8, 4) is 0 Å². The molecule has 0 aliphatic heterocycles. The van der Waals surface area contributed by atoms with Gasteiger partial charge in [0.1, 0.15) is 0 Å². The highest BCUT2D eigenvalue weighted by molar-refractivity contribution is 4.86. The number of nitrogens with zero attached hydrogens (tertiary/aromatic N) is 1. The number of rotatable bonds is 8. The molecule has 1 saturated carbocycles. The number of nitrogens with one attached hydrogen (secondary N) is 1. The van der Waals surface area contributed by atoms with E-state index in [0.717, 1.165) is 32.8 Å². The molecule has 2 atom stereocenters. The molecule has 3 heteroatoms. The third kappa shape index (κ3) is 5.25. The van der Waals surface area contributed by atoms with Crippen LogP contribution in [-0.2, 0) is 4.74 Å². The summed E-state index contributed by atoms with van der Waals surface area (Å²) in [4.78, 5) is 2.62. The molecule has 0 radical (unpaired) electrons. The molecule has 0 aromatic rings. The van der Waals surface area contributed by atoms with Crippen LogP contribution in [0.4, 0.5) is 0 Å². The standard InChI is InChI=1S/C15H32N2O/c1-4-16-14-10-8-7-9-11-15(14)17(5-2)12-13-18-6-3/h14-16H,4-13H2,1-3H3. The first-order chi connectivity index (χ1) is 8.83. The Morgan fingerprint density at radius 2 is 1.89 bits per heavy atom. The second-order valence-corrected chi connectivity index (χ2v) is 5.20. The van der Waals surface area contributed by atoms with Gasteiger partial charge in [-0.2, -0.15) is 0 Å². The van der Waals surface area contributed by atoms with Gasteiger partial charge in [-0.05, 0) is 32.9 Å². The van der Waals surface area contributed by atoms with Crippen molar-refractivity contribution in [3.05, 3.63) is 0 Å². The maximum absolute atomic E-state index is 5.52. The summed E-state index contributed by atoms with van der Waals surface area (Å²) >= 11 is 0. The maximum Gasteiger partial charge on any atom is 0.0593 e. The fraction of sp³-hybridized carbons (Fsp3) is 1.00. The Labute approximate surface area is 113 Å². The van der Waals surface area contributed by atoms with Crippen LogP contribution in [0.1, 0.15) is 52.9 Å². The largest absolute Gasteiger partial charge is 0.380 e. The van der Waals surface area contributed by atoms with Crippen LogP contribution in [0.15, 0.2) is 0 Å². The maximum atomic E-state index is 5.52. The summed E-state index contributed by atoms with van der Waals surface area (Å²) in [5, 5.41) is 3.70. The van der Waals surface area contributed by atoms with E-state index >= 15 is 0 Å². The van der Waals surface area contributed by atoms with E-state index in [9.17, 15) is 0 Å². The predicted octanol–water partition coefficient (Wildman–Crippen LogP) is 2.66. The van der Waals surface area contributed by atoms with Crippen LogP contribution >= 0.6 is 0 Å². The van der Waals surface area contributed by atoms with Gasteiger partial charge in [0.05, 0.1) is 6.61 Å². The summed E-state index contributed by atoms with van der Waals surface area (Å²) in [5.74, 6) is 0. The smallest absolute Gasteiger partial charge is 0.0593 e. The Kier molecular flexibility index (Phi) is 8.64. The highest BCUT2D eigenvalue weighted by Gasteiger charge is 2.27. The molecule has 1 aliphatic rings. The summed E-state index contributed by atoms with van der Waals surface area (Å²) < 4.78 is 5.52. The average Bonchev–Trinajstić information content (AvgIpc) is 2.61. The average molecular weight is 256 g/mol. The molecular formula is C15H32N2O. The van der Waals surface area contributed by atoms with Crippen LogP contribution in [-0.4, -0.2) is 49.8 Å². The van der Waals surface area contributed by atoms with E-state index in [0.29, 0.717) is 12.1 Å². The van der Waals surface area contributed by atoms with Crippen LogP contribution in [0, 0.1) is 0 Å². The van der Waals surface area contributed by atoms with Crippen molar-refractivity contribution in [2.24, 2.45) is 0 Å². The van der Waals surface area contributed by atoms with E-state index in [2.05, 4.69) is 31.0 Å². The zero-order valence-corrected chi connectivity index (χ0v) is 12.6. The van der Waals surface area contributed by atoms with E-state index in [-0.39, 0.29) is 0 Å². The van der Waals surface area contributed by atoms with E-state index in [1.807, 2.05) is 0 Å². The summed E-state index contributed by atoms with van der Waals surface area (Å²) in [7, 11) is 0. The van der Waals surface area contributed by atoms with Crippen molar-refractivity contribution in [2.75, 3.05) is 32.8 Å². The predicted molar refractivity (Wildman–Crippen MR) is 78.1 cm³/mol. The summed E-state index contributed by atoms with van der Waals surface area (Å²) in [5.41, 5.74) is 0. The molecule has 1 fully saturated rings. The molecule has 0 amide bonds. The molecule has 0 aromatic carbocycles. The van der Waals surface area contributed by atoms with Gasteiger partial charge in [-0.25, -0.2) is 0 Å². The van der Waals surface area contributed by atoms with Gasteiger partial charge in [0, 0.05) is 25.2 Å². The summed E-state index contributed by atoms with van der Waals surface area (Å²) in [6.45, 7) is 11.6. The Morgan fingerprint density at radius 3 is 2.56 bits per heavy atom. The molecule has 3 nitrogen and oxygen atoms in total. The molecule has 1 N–H and O–H groups in total. The van der Waals surface area contributed by atoms with Crippen LogP contribution in [0.25, 0.3) is 0 Å². The van der Waals surface area contributed by atoms with Crippen molar-refractivity contribution < 1.29 is 4.74 Å². The highest BCUT2D eigenvalue weighted by atomic mass is 16.5.